The summed E-state index contributed by atoms with van der Waals surface area (Å²) in [6.07, 6.45) is 14.3. The first-order valence-corrected chi connectivity index (χ1v) is 6.23. The summed E-state index contributed by atoms with van der Waals surface area (Å²) in [5.41, 5.74) is 5.76. The number of nitrogens with two attached hydrogens (primary N) is 1. The summed E-state index contributed by atoms with van der Waals surface area (Å²) in [5.74, 6) is 3.54. The fraction of sp³-hybridized carbons (Fsp3) is 0.846. The van der Waals surface area contributed by atoms with Crippen LogP contribution in [-0.4, -0.2) is 19.1 Å². The van der Waals surface area contributed by atoms with E-state index in [1.165, 1.54) is 38.5 Å². The van der Waals surface area contributed by atoms with E-state index in [1.54, 1.807) is 0 Å². The predicted molar refractivity (Wildman–Crippen MR) is 65.5 cm³/mol. The zero-order valence-corrected chi connectivity index (χ0v) is 9.67. The Kier molecular flexibility index (Phi) is 6.47. The second kappa shape index (κ2) is 7.73. The van der Waals surface area contributed by atoms with E-state index in [0.717, 1.165) is 25.4 Å². The van der Waals surface area contributed by atoms with E-state index in [-0.39, 0.29) is 0 Å². The molecule has 1 aliphatic carbocycles. The van der Waals surface area contributed by atoms with Crippen molar-refractivity contribution in [2.45, 2.75) is 51.0 Å². The molecule has 0 amide bonds. The quantitative estimate of drug-likeness (QED) is 0.517. The number of hydrogen-bond donors (Lipinski definition) is 2. The fourth-order valence-electron chi connectivity index (χ4n) is 2.44. The molecule has 86 valence electrons. The molecule has 3 N–H and O–H groups in total. The second-order valence-corrected chi connectivity index (χ2v) is 4.58. The lowest BCUT2D eigenvalue weighted by Gasteiger charge is -2.26. The predicted octanol–water partition coefficient (Wildman–Crippen LogP) is 1.90. The number of nitrogens with one attached hydrogen (secondary N) is 1. The molecule has 0 aliphatic heterocycles. The van der Waals surface area contributed by atoms with Gasteiger partial charge in [-0.1, -0.05) is 32.1 Å². The SMILES string of the molecule is C#CCCNC(CN)CC1CCCCC1. The first-order valence-electron chi connectivity index (χ1n) is 6.23. The van der Waals surface area contributed by atoms with Crippen molar-refractivity contribution in [3.8, 4) is 12.3 Å². The third-order valence-electron chi connectivity index (χ3n) is 3.33. The Labute approximate surface area is 94.0 Å². The maximum absolute atomic E-state index is 5.76. The normalized spacial score (nSPS) is 19.7. The van der Waals surface area contributed by atoms with Crippen molar-refractivity contribution in [1.29, 1.82) is 0 Å². The van der Waals surface area contributed by atoms with Crippen LogP contribution in [0.3, 0.4) is 0 Å². The molecule has 0 saturated heterocycles. The third-order valence-corrected chi connectivity index (χ3v) is 3.33. The van der Waals surface area contributed by atoms with Gasteiger partial charge in [-0.15, -0.1) is 12.3 Å². The van der Waals surface area contributed by atoms with Crippen LogP contribution in [0.15, 0.2) is 0 Å². The van der Waals surface area contributed by atoms with Crippen molar-refractivity contribution in [1.82, 2.24) is 5.32 Å². The number of hydrogen-bond acceptors (Lipinski definition) is 2. The van der Waals surface area contributed by atoms with Crippen LogP contribution < -0.4 is 11.1 Å². The largest absolute Gasteiger partial charge is 0.329 e. The molecule has 1 atom stereocenters. The number of rotatable bonds is 6. The molecular formula is C13H24N2. The van der Waals surface area contributed by atoms with E-state index in [9.17, 15) is 0 Å². The van der Waals surface area contributed by atoms with Gasteiger partial charge in [-0.2, -0.15) is 0 Å². The topological polar surface area (TPSA) is 38.0 Å². The maximum atomic E-state index is 5.76. The fourth-order valence-corrected chi connectivity index (χ4v) is 2.44. The zero-order chi connectivity index (χ0) is 10.9. The molecule has 0 aromatic heterocycles. The van der Waals surface area contributed by atoms with Crippen molar-refractivity contribution >= 4 is 0 Å². The summed E-state index contributed by atoms with van der Waals surface area (Å²) >= 11 is 0. The van der Waals surface area contributed by atoms with Crippen LogP contribution in [0.4, 0.5) is 0 Å². The highest BCUT2D eigenvalue weighted by Gasteiger charge is 2.17. The molecule has 0 spiro atoms. The van der Waals surface area contributed by atoms with Gasteiger partial charge in [0, 0.05) is 25.6 Å². The molecular weight excluding hydrogens is 184 g/mol. The van der Waals surface area contributed by atoms with Crippen LogP contribution in [0.5, 0.6) is 0 Å². The molecule has 1 rings (SSSR count). The lowest BCUT2D eigenvalue weighted by Crippen LogP contribution is -2.38. The van der Waals surface area contributed by atoms with E-state index in [4.69, 9.17) is 12.2 Å². The molecule has 2 nitrogen and oxygen atoms in total. The van der Waals surface area contributed by atoms with Gasteiger partial charge in [-0.25, -0.2) is 0 Å². The van der Waals surface area contributed by atoms with E-state index >= 15 is 0 Å². The zero-order valence-electron chi connectivity index (χ0n) is 9.67. The van der Waals surface area contributed by atoms with Crippen molar-refractivity contribution in [2.24, 2.45) is 11.7 Å². The van der Waals surface area contributed by atoms with Crippen LogP contribution in [0.25, 0.3) is 0 Å². The maximum Gasteiger partial charge on any atom is 0.0212 e. The van der Waals surface area contributed by atoms with E-state index < -0.39 is 0 Å². The minimum absolute atomic E-state index is 0.474. The molecule has 0 bridgehead atoms. The first-order chi connectivity index (χ1) is 7.36. The van der Waals surface area contributed by atoms with Crippen molar-refractivity contribution in [3.63, 3.8) is 0 Å². The van der Waals surface area contributed by atoms with E-state index in [1.807, 2.05) is 0 Å². The van der Waals surface area contributed by atoms with Gasteiger partial charge in [-0.05, 0) is 12.3 Å². The van der Waals surface area contributed by atoms with Gasteiger partial charge < -0.3 is 11.1 Å². The highest BCUT2D eigenvalue weighted by Crippen LogP contribution is 2.27. The lowest BCUT2D eigenvalue weighted by atomic mass is 9.85. The van der Waals surface area contributed by atoms with Crippen LogP contribution in [0, 0.1) is 18.3 Å². The molecule has 1 unspecified atom stereocenters. The summed E-state index contributed by atoms with van der Waals surface area (Å²) < 4.78 is 0. The van der Waals surface area contributed by atoms with Crippen molar-refractivity contribution in [2.75, 3.05) is 13.1 Å². The van der Waals surface area contributed by atoms with Gasteiger partial charge >= 0.3 is 0 Å². The Hall–Kier alpha value is -0.520. The van der Waals surface area contributed by atoms with Gasteiger partial charge in [0.25, 0.3) is 0 Å². The van der Waals surface area contributed by atoms with Crippen molar-refractivity contribution in [3.05, 3.63) is 0 Å². The van der Waals surface area contributed by atoms with Gasteiger partial charge in [-0.3, -0.25) is 0 Å². The summed E-state index contributed by atoms with van der Waals surface area (Å²) in [6.45, 7) is 1.64. The van der Waals surface area contributed by atoms with Crippen LogP contribution in [0.1, 0.15) is 44.9 Å². The van der Waals surface area contributed by atoms with E-state index in [2.05, 4.69) is 11.2 Å². The number of terminal acetylenes is 1. The molecule has 1 fully saturated rings. The molecule has 1 aliphatic rings. The standard InChI is InChI=1S/C13H24N2/c1-2-3-9-15-13(11-14)10-12-7-5-4-6-8-12/h1,12-13,15H,3-11,14H2. The molecule has 0 aromatic carbocycles. The Bertz CT molecular complexity index is 189. The van der Waals surface area contributed by atoms with E-state index in [0.29, 0.717) is 6.04 Å². The Morgan fingerprint density at radius 3 is 2.67 bits per heavy atom. The smallest absolute Gasteiger partial charge is 0.0212 e. The molecule has 0 radical (unpaired) electrons. The van der Waals surface area contributed by atoms with Crippen LogP contribution in [0.2, 0.25) is 0 Å². The summed E-state index contributed by atoms with van der Waals surface area (Å²) in [5, 5.41) is 3.45. The van der Waals surface area contributed by atoms with Crippen LogP contribution in [-0.2, 0) is 0 Å². The minimum atomic E-state index is 0.474. The summed E-state index contributed by atoms with van der Waals surface area (Å²) in [7, 11) is 0. The highest BCUT2D eigenvalue weighted by atomic mass is 14.9. The Morgan fingerprint density at radius 1 is 1.33 bits per heavy atom. The Balaban J connectivity index is 2.17. The lowest BCUT2D eigenvalue weighted by molar-refractivity contribution is 0.301. The van der Waals surface area contributed by atoms with Gasteiger partial charge in [0.1, 0.15) is 0 Å². The average Bonchev–Trinajstić information content (AvgIpc) is 2.29. The second-order valence-electron chi connectivity index (χ2n) is 4.58. The highest BCUT2D eigenvalue weighted by molar-refractivity contribution is 4.85. The monoisotopic (exact) mass is 208 g/mol. The third kappa shape index (κ3) is 5.20. The Morgan fingerprint density at radius 2 is 2.07 bits per heavy atom. The van der Waals surface area contributed by atoms with Crippen LogP contribution >= 0.6 is 0 Å². The minimum Gasteiger partial charge on any atom is -0.329 e. The summed E-state index contributed by atoms with van der Waals surface area (Å²) in [6, 6.07) is 0.474. The molecule has 1 saturated carbocycles. The molecule has 2 heteroatoms. The molecule has 0 heterocycles. The van der Waals surface area contributed by atoms with Gasteiger partial charge in [0.2, 0.25) is 0 Å². The van der Waals surface area contributed by atoms with Gasteiger partial charge in [0.15, 0.2) is 0 Å². The molecule has 0 aromatic rings. The first kappa shape index (κ1) is 12.5. The molecule has 15 heavy (non-hydrogen) atoms. The van der Waals surface area contributed by atoms with Crippen molar-refractivity contribution < 1.29 is 0 Å². The van der Waals surface area contributed by atoms with Gasteiger partial charge in [0.05, 0.1) is 0 Å². The average molecular weight is 208 g/mol. The summed E-state index contributed by atoms with van der Waals surface area (Å²) in [4.78, 5) is 0.